The summed E-state index contributed by atoms with van der Waals surface area (Å²) < 4.78 is 22.0. The molecule has 0 N–H and O–H groups in total. The lowest BCUT2D eigenvalue weighted by molar-refractivity contribution is -0.181. The Morgan fingerprint density at radius 1 is 0.853 bits per heavy atom. The first kappa shape index (κ1) is 30.3. The summed E-state index contributed by atoms with van der Waals surface area (Å²) in [5.74, 6) is 0.108. The summed E-state index contributed by atoms with van der Waals surface area (Å²) in [6.45, 7) is 9.87. The largest absolute Gasteiger partial charge is 0.436 e. The van der Waals surface area contributed by atoms with Crippen molar-refractivity contribution in [1.82, 2.24) is 0 Å². The Morgan fingerprint density at radius 3 is 1.65 bits per heavy atom. The van der Waals surface area contributed by atoms with Crippen molar-refractivity contribution in [1.29, 1.82) is 10.5 Å². The van der Waals surface area contributed by atoms with E-state index in [9.17, 15) is 9.59 Å². The van der Waals surface area contributed by atoms with Crippen LogP contribution >= 0.6 is 9.24 Å². The Balaban J connectivity index is 2.18. The van der Waals surface area contributed by atoms with Crippen molar-refractivity contribution in [3.05, 3.63) is 0 Å². The minimum atomic E-state index is -0.625. The molecule has 34 heavy (non-hydrogen) atoms. The Labute approximate surface area is 206 Å². The van der Waals surface area contributed by atoms with Crippen LogP contribution in [0.1, 0.15) is 86.0 Å². The molecule has 0 aromatic carbocycles. The van der Waals surface area contributed by atoms with Crippen molar-refractivity contribution >= 4 is 21.2 Å². The number of rotatable bonds is 14. The second-order valence-electron chi connectivity index (χ2n) is 10.2. The molecule has 1 fully saturated rings. The first-order valence-corrected chi connectivity index (χ1v) is 12.7. The van der Waals surface area contributed by atoms with Gasteiger partial charge in [0.1, 0.15) is 0 Å². The third kappa shape index (κ3) is 13.2. The Morgan fingerprint density at radius 2 is 1.26 bits per heavy atom. The summed E-state index contributed by atoms with van der Waals surface area (Å²) in [6, 6.07) is 4.32. The molecular formula is C25H41N2O6P. The third-order valence-corrected chi connectivity index (χ3v) is 6.47. The maximum atomic E-state index is 11.9. The summed E-state index contributed by atoms with van der Waals surface area (Å²) in [6.07, 6.45) is 4.04. The number of carbonyl (C=O) groups is 2. The fourth-order valence-electron chi connectivity index (χ4n) is 3.55. The number of nitriles is 2. The maximum absolute atomic E-state index is 11.9. The predicted molar refractivity (Wildman–Crippen MR) is 130 cm³/mol. The molecule has 0 bridgehead atoms. The van der Waals surface area contributed by atoms with Crippen LogP contribution in [0.2, 0.25) is 0 Å². The monoisotopic (exact) mass is 496 g/mol. The van der Waals surface area contributed by atoms with Crippen LogP contribution in [0.25, 0.3) is 0 Å². The van der Waals surface area contributed by atoms with Gasteiger partial charge in [-0.3, -0.25) is 9.59 Å². The molecule has 0 aliphatic heterocycles. The Bertz CT molecular complexity index is 673. The van der Waals surface area contributed by atoms with Gasteiger partial charge in [-0.25, -0.2) is 0 Å². The molecule has 1 aliphatic rings. The molecule has 9 heteroatoms. The van der Waals surface area contributed by atoms with Gasteiger partial charge < -0.3 is 18.9 Å². The molecule has 192 valence electrons. The predicted octanol–water partition coefficient (Wildman–Crippen LogP) is 4.87. The van der Waals surface area contributed by atoms with Crippen molar-refractivity contribution in [3.63, 3.8) is 0 Å². The van der Waals surface area contributed by atoms with Crippen LogP contribution in [0.3, 0.4) is 0 Å². The van der Waals surface area contributed by atoms with Crippen LogP contribution in [0.4, 0.5) is 0 Å². The molecular weight excluding hydrogens is 455 g/mol. The minimum Gasteiger partial charge on any atom is -0.436 e. The van der Waals surface area contributed by atoms with Gasteiger partial charge in [-0.15, -0.1) is 9.24 Å². The van der Waals surface area contributed by atoms with Gasteiger partial charge in [0.05, 0.1) is 35.9 Å². The van der Waals surface area contributed by atoms with Gasteiger partial charge in [-0.05, 0) is 85.0 Å². The zero-order valence-electron chi connectivity index (χ0n) is 21.3. The van der Waals surface area contributed by atoms with E-state index in [1.807, 2.05) is 0 Å². The van der Waals surface area contributed by atoms with Crippen LogP contribution in [0, 0.1) is 39.9 Å². The van der Waals surface area contributed by atoms with Crippen LogP contribution in [0.5, 0.6) is 0 Å². The normalized spacial score (nSPS) is 21.9. The molecule has 0 aromatic rings. The van der Waals surface area contributed by atoms with Crippen LogP contribution in [-0.4, -0.2) is 42.9 Å². The summed E-state index contributed by atoms with van der Waals surface area (Å²) in [5.41, 5.74) is -0.542. The Kier molecular flexibility index (Phi) is 13.0. The average Bonchev–Trinajstić information content (AvgIpc) is 2.79. The van der Waals surface area contributed by atoms with Crippen molar-refractivity contribution < 1.29 is 28.5 Å². The molecule has 8 nitrogen and oxygen atoms in total. The van der Waals surface area contributed by atoms with E-state index in [-0.39, 0.29) is 24.8 Å². The third-order valence-electron chi connectivity index (χ3n) is 6.06. The highest BCUT2D eigenvalue weighted by Gasteiger charge is 2.25. The fourth-order valence-corrected chi connectivity index (χ4v) is 3.70. The average molecular weight is 497 g/mol. The van der Waals surface area contributed by atoms with Crippen molar-refractivity contribution in [2.75, 3.05) is 13.2 Å². The fraction of sp³-hybridized carbons (Fsp3) is 0.840. The van der Waals surface area contributed by atoms with Gasteiger partial charge in [0.2, 0.25) is 0 Å². The number of nitrogens with zero attached hydrogens (tertiary/aromatic N) is 2. The zero-order chi connectivity index (χ0) is 25.8. The highest BCUT2D eigenvalue weighted by molar-refractivity contribution is 7.19. The van der Waals surface area contributed by atoms with Gasteiger partial charge >= 0.3 is 11.9 Å². The molecule has 1 aliphatic carbocycles. The maximum Gasteiger partial charge on any atom is 0.308 e. The van der Waals surface area contributed by atoms with Gasteiger partial charge in [0.15, 0.2) is 12.6 Å². The van der Waals surface area contributed by atoms with E-state index < -0.39 is 23.2 Å². The lowest BCUT2D eigenvalue weighted by Gasteiger charge is -2.29. The lowest BCUT2D eigenvalue weighted by atomic mass is 9.83. The molecule has 1 rings (SSSR count). The molecule has 0 heterocycles. The van der Waals surface area contributed by atoms with Crippen molar-refractivity contribution in [2.45, 2.75) is 104 Å². The summed E-state index contributed by atoms with van der Waals surface area (Å²) >= 11 is 0. The highest BCUT2D eigenvalue weighted by Crippen LogP contribution is 2.30. The standard InChI is InChI=1S/C25H41N2O6P/c1-18(32-22(28)10-12-24(3,4)16-26)30-14-20-6-8-21(9-7-20)15-31-19(2)33-23(29)11-13-25(5,34)17-27/h18-21H,6-15,34H2,1-5H3. The zero-order valence-corrected chi connectivity index (χ0v) is 22.5. The molecule has 0 radical (unpaired) electrons. The van der Waals surface area contributed by atoms with Gasteiger partial charge in [0.25, 0.3) is 0 Å². The van der Waals surface area contributed by atoms with E-state index in [1.54, 1.807) is 34.6 Å². The SMILES string of the molecule is CC(OCC1CCC(COC(C)OC(=O)CCC(C)(P)C#N)CC1)OC(=O)CCC(C)(C)C#N. The molecule has 0 amide bonds. The second kappa shape index (κ2) is 14.6. The Hall–Kier alpha value is -1.73. The van der Waals surface area contributed by atoms with E-state index in [4.69, 9.17) is 29.5 Å². The molecule has 0 saturated heterocycles. The number of hydrogen-bond donors (Lipinski definition) is 0. The van der Waals surface area contributed by atoms with Gasteiger partial charge in [-0.2, -0.15) is 10.5 Å². The topological polar surface area (TPSA) is 119 Å². The number of ether oxygens (including phenoxy) is 4. The highest BCUT2D eigenvalue weighted by atomic mass is 31.0. The van der Waals surface area contributed by atoms with E-state index in [1.165, 1.54) is 0 Å². The van der Waals surface area contributed by atoms with Crippen molar-refractivity contribution in [2.24, 2.45) is 17.3 Å². The molecule has 4 atom stereocenters. The number of esters is 2. The van der Waals surface area contributed by atoms with E-state index >= 15 is 0 Å². The van der Waals surface area contributed by atoms with E-state index in [2.05, 4.69) is 21.4 Å². The molecule has 0 spiro atoms. The van der Waals surface area contributed by atoms with Crippen LogP contribution < -0.4 is 0 Å². The summed E-state index contributed by atoms with van der Waals surface area (Å²) in [5, 5.41) is 17.4. The first-order chi connectivity index (χ1) is 15.9. The van der Waals surface area contributed by atoms with Crippen LogP contribution in [-0.2, 0) is 28.5 Å². The van der Waals surface area contributed by atoms with Gasteiger partial charge in [-0.1, -0.05) is 0 Å². The second-order valence-corrected chi connectivity index (χ2v) is 11.5. The number of carbonyl (C=O) groups excluding carboxylic acids is 2. The van der Waals surface area contributed by atoms with Crippen LogP contribution in [0.15, 0.2) is 0 Å². The summed E-state index contributed by atoms with van der Waals surface area (Å²) in [7, 11) is 2.45. The lowest BCUT2D eigenvalue weighted by Crippen LogP contribution is -2.27. The summed E-state index contributed by atoms with van der Waals surface area (Å²) in [4.78, 5) is 23.8. The quantitative estimate of drug-likeness (QED) is 0.190. The molecule has 4 unspecified atom stereocenters. The van der Waals surface area contributed by atoms with Gasteiger partial charge in [0, 0.05) is 12.8 Å². The first-order valence-electron chi connectivity index (χ1n) is 12.1. The van der Waals surface area contributed by atoms with E-state index in [0.717, 1.165) is 25.7 Å². The number of hydrogen-bond acceptors (Lipinski definition) is 8. The smallest absolute Gasteiger partial charge is 0.308 e. The van der Waals surface area contributed by atoms with Crippen molar-refractivity contribution in [3.8, 4) is 12.1 Å². The minimum absolute atomic E-state index is 0.179. The van der Waals surface area contributed by atoms with E-state index in [0.29, 0.717) is 37.9 Å². The molecule has 1 saturated carbocycles. The molecule has 0 aromatic heterocycles.